The minimum Gasteiger partial charge on any atom is -0.378 e. The summed E-state index contributed by atoms with van der Waals surface area (Å²) in [6.07, 6.45) is 0. The quantitative estimate of drug-likeness (QED) is 0.794. The summed E-state index contributed by atoms with van der Waals surface area (Å²) >= 11 is 7.39. The first-order valence-electron chi connectivity index (χ1n) is 7.42. The first-order chi connectivity index (χ1) is 11.0. The third-order valence-electron chi connectivity index (χ3n) is 3.42. The minimum absolute atomic E-state index is 0.0293. The van der Waals surface area contributed by atoms with Crippen LogP contribution < -0.4 is 10.2 Å². The Balaban J connectivity index is 1.84. The highest BCUT2D eigenvalue weighted by Gasteiger charge is 2.14. The van der Waals surface area contributed by atoms with Crippen molar-refractivity contribution in [3.05, 3.63) is 59.1 Å². The summed E-state index contributed by atoms with van der Waals surface area (Å²) in [6, 6.07) is 15.7. The van der Waals surface area contributed by atoms with Crippen molar-refractivity contribution in [1.82, 2.24) is 5.32 Å². The third kappa shape index (κ3) is 5.48. The number of nitrogens with one attached hydrogen (secondary N) is 1. The molecule has 0 heterocycles. The van der Waals surface area contributed by atoms with E-state index in [2.05, 4.69) is 5.32 Å². The van der Waals surface area contributed by atoms with Crippen LogP contribution in [0, 0.1) is 0 Å². The fourth-order valence-corrected chi connectivity index (χ4v) is 3.03. The second-order valence-corrected chi connectivity index (χ2v) is 7.34. The number of benzene rings is 2. The summed E-state index contributed by atoms with van der Waals surface area (Å²) in [6.45, 7) is 2.45. The number of carbonyl (C=O) groups is 1. The second kappa shape index (κ2) is 8.27. The molecule has 0 radical (unpaired) electrons. The van der Waals surface area contributed by atoms with Gasteiger partial charge in [0.25, 0.3) is 0 Å². The number of anilines is 1. The van der Waals surface area contributed by atoms with Gasteiger partial charge < -0.3 is 10.2 Å². The molecule has 0 aliphatic carbocycles. The molecule has 0 spiro atoms. The molecule has 0 saturated carbocycles. The summed E-state index contributed by atoms with van der Waals surface area (Å²) in [5, 5.41) is 3.53. The van der Waals surface area contributed by atoms with E-state index in [9.17, 15) is 4.79 Å². The van der Waals surface area contributed by atoms with Crippen LogP contribution in [0.2, 0.25) is 5.02 Å². The summed E-state index contributed by atoms with van der Waals surface area (Å²) in [5.74, 6) is 0.0293. The fraction of sp³-hybridized carbons (Fsp3) is 0.278. The topological polar surface area (TPSA) is 32.3 Å². The lowest BCUT2D eigenvalue weighted by molar-refractivity contribution is -0.120. The maximum atomic E-state index is 12.2. The second-order valence-electron chi connectivity index (χ2n) is 5.49. The van der Waals surface area contributed by atoms with Crippen molar-refractivity contribution in [2.75, 3.05) is 19.0 Å². The van der Waals surface area contributed by atoms with E-state index in [-0.39, 0.29) is 11.2 Å². The van der Waals surface area contributed by atoms with Gasteiger partial charge in [0.1, 0.15) is 0 Å². The van der Waals surface area contributed by atoms with Gasteiger partial charge in [-0.1, -0.05) is 23.7 Å². The predicted octanol–water partition coefficient (Wildman–Crippen LogP) is 4.20. The van der Waals surface area contributed by atoms with Crippen LogP contribution in [-0.2, 0) is 11.3 Å². The van der Waals surface area contributed by atoms with Crippen molar-refractivity contribution < 1.29 is 4.79 Å². The molecule has 2 rings (SSSR count). The molecule has 1 amide bonds. The lowest BCUT2D eigenvalue weighted by atomic mass is 10.2. The molecule has 5 heteroatoms. The molecule has 3 nitrogen and oxygen atoms in total. The number of nitrogens with zero attached hydrogens (tertiary/aromatic N) is 1. The van der Waals surface area contributed by atoms with Crippen LogP contribution in [0.3, 0.4) is 0 Å². The Morgan fingerprint density at radius 2 is 1.74 bits per heavy atom. The third-order valence-corrected chi connectivity index (χ3v) is 4.78. The monoisotopic (exact) mass is 348 g/mol. The molecule has 1 N–H and O–H groups in total. The van der Waals surface area contributed by atoms with Gasteiger partial charge in [0, 0.05) is 36.2 Å². The highest BCUT2D eigenvalue weighted by atomic mass is 35.5. The van der Waals surface area contributed by atoms with E-state index in [4.69, 9.17) is 11.6 Å². The number of hydrogen-bond acceptors (Lipinski definition) is 3. The molecule has 122 valence electrons. The average Bonchev–Trinajstić information content (AvgIpc) is 2.55. The Kier molecular flexibility index (Phi) is 6.37. The molecular formula is C18H21ClN2OS. The van der Waals surface area contributed by atoms with Gasteiger partial charge in [-0.05, 0) is 48.9 Å². The van der Waals surface area contributed by atoms with Gasteiger partial charge in [-0.2, -0.15) is 0 Å². The van der Waals surface area contributed by atoms with E-state index in [1.54, 1.807) is 0 Å². The lowest BCUT2D eigenvalue weighted by Gasteiger charge is -2.14. The van der Waals surface area contributed by atoms with Crippen molar-refractivity contribution in [2.24, 2.45) is 0 Å². The molecule has 0 saturated heterocycles. The van der Waals surface area contributed by atoms with Crippen LogP contribution in [-0.4, -0.2) is 25.3 Å². The van der Waals surface area contributed by atoms with Crippen LogP contribution >= 0.6 is 23.4 Å². The Morgan fingerprint density at radius 1 is 1.13 bits per heavy atom. The predicted molar refractivity (Wildman–Crippen MR) is 99.4 cm³/mol. The number of amides is 1. The molecule has 0 fully saturated rings. The summed E-state index contributed by atoms with van der Waals surface area (Å²) in [5.41, 5.74) is 2.24. The van der Waals surface area contributed by atoms with Crippen LogP contribution in [0.15, 0.2) is 53.4 Å². The fourth-order valence-electron chi connectivity index (χ4n) is 2.02. The largest absolute Gasteiger partial charge is 0.378 e. The smallest absolute Gasteiger partial charge is 0.233 e. The molecule has 0 aromatic heterocycles. The maximum absolute atomic E-state index is 12.2. The van der Waals surface area contributed by atoms with Gasteiger partial charge in [0.15, 0.2) is 0 Å². The Bertz CT molecular complexity index is 641. The van der Waals surface area contributed by atoms with E-state index >= 15 is 0 Å². The molecule has 2 aromatic rings. The van der Waals surface area contributed by atoms with Crippen LogP contribution in [0.25, 0.3) is 0 Å². The number of thioether (sulfide) groups is 1. The molecule has 0 aliphatic heterocycles. The molecule has 1 unspecified atom stereocenters. The van der Waals surface area contributed by atoms with Gasteiger partial charge in [-0.3, -0.25) is 4.79 Å². The van der Waals surface area contributed by atoms with Gasteiger partial charge in [0.2, 0.25) is 5.91 Å². The molecule has 23 heavy (non-hydrogen) atoms. The van der Waals surface area contributed by atoms with E-state index in [0.29, 0.717) is 11.6 Å². The SMILES string of the molecule is CC(Sc1ccc(Cl)cc1)C(=O)NCc1ccc(N(C)C)cc1. The molecule has 0 bridgehead atoms. The lowest BCUT2D eigenvalue weighted by Crippen LogP contribution is -2.30. The first-order valence-corrected chi connectivity index (χ1v) is 8.67. The minimum atomic E-state index is -0.155. The van der Waals surface area contributed by atoms with E-state index < -0.39 is 0 Å². The summed E-state index contributed by atoms with van der Waals surface area (Å²) in [7, 11) is 4.01. The van der Waals surface area contributed by atoms with Gasteiger partial charge in [0.05, 0.1) is 5.25 Å². The van der Waals surface area contributed by atoms with Crippen LogP contribution in [0.4, 0.5) is 5.69 Å². The summed E-state index contributed by atoms with van der Waals surface area (Å²) in [4.78, 5) is 15.3. The normalized spacial score (nSPS) is 11.8. The van der Waals surface area contributed by atoms with Crippen LogP contribution in [0.5, 0.6) is 0 Å². The van der Waals surface area contributed by atoms with Gasteiger partial charge in [-0.15, -0.1) is 11.8 Å². The van der Waals surface area contributed by atoms with Crippen molar-refractivity contribution in [3.63, 3.8) is 0 Å². The van der Waals surface area contributed by atoms with Gasteiger partial charge >= 0.3 is 0 Å². The van der Waals surface area contributed by atoms with Crippen molar-refractivity contribution in [1.29, 1.82) is 0 Å². The maximum Gasteiger partial charge on any atom is 0.233 e. The molecule has 1 atom stereocenters. The molecule has 0 aliphatic rings. The van der Waals surface area contributed by atoms with Crippen molar-refractivity contribution in [3.8, 4) is 0 Å². The number of carbonyl (C=O) groups excluding carboxylic acids is 1. The zero-order valence-electron chi connectivity index (χ0n) is 13.5. The number of halogens is 1. The molecule has 2 aromatic carbocycles. The van der Waals surface area contributed by atoms with E-state index in [1.165, 1.54) is 11.8 Å². The van der Waals surface area contributed by atoms with Crippen molar-refractivity contribution >= 4 is 35.0 Å². The Labute approximate surface area is 147 Å². The van der Waals surface area contributed by atoms with E-state index in [0.717, 1.165) is 16.1 Å². The van der Waals surface area contributed by atoms with E-state index in [1.807, 2.05) is 74.4 Å². The van der Waals surface area contributed by atoms with Gasteiger partial charge in [-0.25, -0.2) is 0 Å². The standard InChI is InChI=1S/C18H21ClN2OS/c1-13(23-17-10-6-15(19)7-11-17)18(22)20-12-14-4-8-16(9-5-14)21(2)3/h4-11,13H,12H2,1-3H3,(H,20,22). The Morgan fingerprint density at radius 3 is 2.30 bits per heavy atom. The highest BCUT2D eigenvalue weighted by molar-refractivity contribution is 8.00. The average molecular weight is 349 g/mol. The zero-order valence-corrected chi connectivity index (χ0v) is 15.1. The highest BCUT2D eigenvalue weighted by Crippen LogP contribution is 2.24. The zero-order chi connectivity index (χ0) is 16.8. The molecular weight excluding hydrogens is 328 g/mol. The van der Waals surface area contributed by atoms with Crippen LogP contribution in [0.1, 0.15) is 12.5 Å². The number of hydrogen-bond donors (Lipinski definition) is 1. The Hall–Kier alpha value is -1.65. The first kappa shape index (κ1) is 17.7. The summed E-state index contributed by atoms with van der Waals surface area (Å²) < 4.78 is 0. The van der Waals surface area contributed by atoms with Crippen molar-refractivity contribution in [2.45, 2.75) is 23.6 Å². The number of rotatable bonds is 6.